The number of hydrogen-bond donors (Lipinski definition) is 0. The van der Waals surface area contributed by atoms with Crippen LogP contribution in [0.2, 0.25) is 0 Å². The van der Waals surface area contributed by atoms with Gasteiger partial charge in [0.05, 0.1) is 0 Å². The summed E-state index contributed by atoms with van der Waals surface area (Å²) < 4.78 is 0. The highest BCUT2D eigenvalue weighted by Crippen LogP contribution is 2.43. The first-order valence-electron chi connectivity index (χ1n) is 6.89. The summed E-state index contributed by atoms with van der Waals surface area (Å²) >= 11 is 0. The lowest BCUT2D eigenvalue weighted by Crippen LogP contribution is -2.42. The molecule has 2 aliphatic heterocycles. The molecule has 0 N–H and O–H groups in total. The van der Waals surface area contributed by atoms with Gasteiger partial charge in [-0.15, -0.1) is 0 Å². The third kappa shape index (κ3) is 2.48. The highest BCUT2D eigenvalue weighted by atomic mass is 15.2. The average molecular weight is 231 g/mol. The molecule has 2 atom stereocenters. The number of allylic oxidation sites excluding steroid dienone is 3. The lowest BCUT2D eigenvalue weighted by atomic mass is 9.82. The molecule has 2 fully saturated rings. The summed E-state index contributed by atoms with van der Waals surface area (Å²) in [4.78, 5) is 2.57. The Morgan fingerprint density at radius 3 is 2.29 bits per heavy atom. The quantitative estimate of drug-likeness (QED) is 0.657. The number of nitrogens with zero attached hydrogens (tertiary/aromatic N) is 1. The van der Waals surface area contributed by atoms with E-state index in [0.717, 1.165) is 23.9 Å². The maximum atomic E-state index is 4.22. The molecule has 2 heterocycles. The third-order valence-electron chi connectivity index (χ3n) is 4.47. The van der Waals surface area contributed by atoms with Gasteiger partial charge in [-0.3, -0.25) is 0 Å². The minimum atomic E-state index is 0.739. The summed E-state index contributed by atoms with van der Waals surface area (Å²) in [6, 6.07) is 1.48. The Balaban J connectivity index is 2.06. The van der Waals surface area contributed by atoms with Crippen molar-refractivity contribution < 1.29 is 0 Å². The molecular formula is C16H25N. The average Bonchev–Trinajstić information content (AvgIpc) is 2.56. The van der Waals surface area contributed by atoms with E-state index >= 15 is 0 Å². The van der Waals surface area contributed by atoms with Gasteiger partial charge in [-0.1, -0.05) is 39.2 Å². The Bertz CT molecular complexity index is 312. The van der Waals surface area contributed by atoms with Crippen molar-refractivity contribution in [2.75, 3.05) is 0 Å². The van der Waals surface area contributed by atoms with Crippen LogP contribution in [-0.2, 0) is 0 Å². The van der Waals surface area contributed by atoms with E-state index in [0.29, 0.717) is 0 Å². The summed E-state index contributed by atoms with van der Waals surface area (Å²) in [5.41, 5.74) is 1.18. The third-order valence-corrected chi connectivity index (χ3v) is 4.47. The molecule has 1 heteroatoms. The van der Waals surface area contributed by atoms with Crippen LogP contribution in [0.4, 0.5) is 0 Å². The van der Waals surface area contributed by atoms with Crippen molar-refractivity contribution in [2.24, 2.45) is 11.8 Å². The molecule has 0 radical (unpaired) electrons. The van der Waals surface area contributed by atoms with Crippen molar-refractivity contribution in [1.29, 1.82) is 0 Å². The van der Waals surface area contributed by atoms with Gasteiger partial charge in [0, 0.05) is 17.8 Å². The van der Waals surface area contributed by atoms with Gasteiger partial charge in [0.2, 0.25) is 0 Å². The molecule has 1 nitrogen and oxygen atoms in total. The molecular weight excluding hydrogens is 206 g/mol. The van der Waals surface area contributed by atoms with Crippen LogP contribution in [-0.4, -0.2) is 17.0 Å². The number of rotatable bonds is 4. The second-order valence-electron chi connectivity index (χ2n) is 5.85. The van der Waals surface area contributed by atoms with Crippen molar-refractivity contribution in [1.82, 2.24) is 4.90 Å². The van der Waals surface area contributed by atoms with E-state index in [2.05, 4.69) is 38.0 Å². The molecule has 0 aromatic rings. The van der Waals surface area contributed by atoms with Crippen LogP contribution in [0.3, 0.4) is 0 Å². The maximum Gasteiger partial charge on any atom is 0.0298 e. The van der Waals surface area contributed by atoms with Crippen LogP contribution in [0.25, 0.3) is 0 Å². The Morgan fingerprint density at radius 2 is 1.82 bits per heavy atom. The number of hydrogen-bond acceptors (Lipinski definition) is 1. The summed E-state index contributed by atoms with van der Waals surface area (Å²) in [6.45, 7) is 12.7. The van der Waals surface area contributed by atoms with Crippen molar-refractivity contribution in [3.8, 4) is 0 Å². The maximum absolute atomic E-state index is 4.22. The van der Waals surface area contributed by atoms with Gasteiger partial charge in [-0.05, 0) is 43.6 Å². The SMILES string of the molecule is C=C/C=C\C(=C)N1C2CCC1CC(C(C)C)C2. The summed E-state index contributed by atoms with van der Waals surface area (Å²) in [6.07, 6.45) is 11.4. The van der Waals surface area contributed by atoms with E-state index in [-0.39, 0.29) is 0 Å². The summed E-state index contributed by atoms with van der Waals surface area (Å²) in [5, 5.41) is 0. The summed E-state index contributed by atoms with van der Waals surface area (Å²) in [7, 11) is 0. The minimum Gasteiger partial charge on any atom is -0.366 e. The highest BCUT2D eigenvalue weighted by molar-refractivity contribution is 5.21. The van der Waals surface area contributed by atoms with Crippen molar-refractivity contribution >= 4 is 0 Å². The molecule has 0 amide bonds. The van der Waals surface area contributed by atoms with Crippen LogP contribution in [0.15, 0.2) is 37.1 Å². The predicted octanol–water partition coefficient (Wildman–Crippen LogP) is 4.14. The van der Waals surface area contributed by atoms with Crippen LogP contribution in [0.5, 0.6) is 0 Å². The van der Waals surface area contributed by atoms with E-state index in [4.69, 9.17) is 0 Å². The van der Waals surface area contributed by atoms with Gasteiger partial charge in [-0.2, -0.15) is 0 Å². The first kappa shape index (κ1) is 12.5. The molecule has 94 valence electrons. The van der Waals surface area contributed by atoms with Gasteiger partial charge in [0.15, 0.2) is 0 Å². The monoisotopic (exact) mass is 231 g/mol. The first-order chi connectivity index (χ1) is 8.13. The fourth-order valence-electron chi connectivity index (χ4n) is 3.50. The fraction of sp³-hybridized carbons (Fsp3) is 0.625. The lowest BCUT2D eigenvalue weighted by Gasteiger charge is -2.42. The van der Waals surface area contributed by atoms with Gasteiger partial charge in [-0.25, -0.2) is 0 Å². The molecule has 2 aliphatic rings. The zero-order chi connectivity index (χ0) is 12.4. The van der Waals surface area contributed by atoms with E-state index in [1.807, 2.05) is 12.2 Å². The number of piperidine rings is 1. The largest absolute Gasteiger partial charge is 0.366 e. The zero-order valence-electron chi connectivity index (χ0n) is 11.2. The van der Waals surface area contributed by atoms with Gasteiger partial charge < -0.3 is 4.90 Å². The van der Waals surface area contributed by atoms with Crippen LogP contribution >= 0.6 is 0 Å². The molecule has 2 bridgehead atoms. The molecule has 0 aliphatic carbocycles. The Kier molecular flexibility index (Phi) is 3.76. The summed E-state index contributed by atoms with van der Waals surface area (Å²) in [5.74, 6) is 1.75. The molecule has 17 heavy (non-hydrogen) atoms. The molecule has 0 aromatic heterocycles. The first-order valence-corrected chi connectivity index (χ1v) is 6.89. The van der Waals surface area contributed by atoms with E-state index in [9.17, 15) is 0 Å². The van der Waals surface area contributed by atoms with Crippen LogP contribution < -0.4 is 0 Å². The molecule has 2 unspecified atom stereocenters. The van der Waals surface area contributed by atoms with Gasteiger partial charge >= 0.3 is 0 Å². The van der Waals surface area contributed by atoms with E-state index in [1.54, 1.807) is 0 Å². The van der Waals surface area contributed by atoms with Gasteiger partial charge in [0.25, 0.3) is 0 Å². The van der Waals surface area contributed by atoms with E-state index < -0.39 is 0 Å². The molecule has 2 saturated heterocycles. The van der Waals surface area contributed by atoms with Crippen molar-refractivity contribution in [3.63, 3.8) is 0 Å². The Morgan fingerprint density at radius 1 is 1.24 bits per heavy atom. The normalized spacial score (nSPS) is 32.4. The number of fused-ring (bicyclic) bond motifs is 2. The van der Waals surface area contributed by atoms with Crippen LogP contribution in [0, 0.1) is 11.8 Å². The highest BCUT2D eigenvalue weighted by Gasteiger charge is 2.41. The topological polar surface area (TPSA) is 3.24 Å². The Labute approximate surface area is 106 Å². The minimum absolute atomic E-state index is 0.739. The van der Waals surface area contributed by atoms with E-state index in [1.165, 1.54) is 31.4 Å². The second kappa shape index (κ2) is 5.12. The molecule has 2 rings (SSSR count). The standard InChI is InChI=1S/C16H25N/c1-5-6-7-13(4)17-15-8-9-16(17)11-14(10-15)12(2)3/h5-7,12,14-16H,1,4,8-11H2,2-3H3/b7-6-. The van der Waals surface area contributed by atoms with Crippen LogP contribution in [0.1, 0.15) is 39.5 Å². The fourth-order valence-corrected chi connectivity index (χ4v) is 3.50. The second-order valence-corrected chi connectivity index (χ2v) is 5.85. The van der Waals surface area contributed by atoms with Crippen molar-refractivity contribution in [2.45, 2.75) is 51.6 Å². The Hall–Kier alpha value is -0.980. The molecule has 0 spiro atoms. The van der Waals surface area contributed by atoms with Crippen molar-refractivity contribution in [3.05, 3.63) is 37.1 Å². The molecule has 0 saturated carbocycles. The molecule has 0 aromatic carbocycles. The zero-order valence-corrected chi connectivity index (χ0v) is 11.2. The van der Waals surface area contributed by atoms with Gasteiger partial charge in [0.1, 0.15) is 0 Å². The lowest BCUT2D eigenvalue weighted by molar-refractivity contribution is 0.122. The predicted molar refractivity (Wildman–Crippen MR) is 74.7 cm³/mol. The smallest absolute Gasteiger partial charge is 0.0298 e.